The fourth-order valence-electron chi connectivity index (χ4n) is 2.98. The molecule has 112 valence electrons. The fraction of sp³-hybridized carbons (Fsp3) is 0.625. The Morgan fingerprint density at radius 1 is 1.20 bits per heavy atom. The van der Waals surface area contributed by atoms with Crippen molar-refractivity contribution < 1.29 is 13.5 Å². The molecule has 2 atom stereocenters. The van der Waals surface area contributed by atoms with Crippen LogP contribution in [0.15, 0.2) is 12.1 Å². The molecule has 4 heteroatoms. The standard InChI is InChI=1S/C16H23F2NO/c1-2-12-5-3-4-6-15(12)20-16-13(17)9-11(7-8-19)10-14(16)18/h9-10,12,15H,2-8,19H2,1H3. The summed E-state index contributed by atoms with van der Waals surface area (Å²) < 4.78 is 33.7. The van der Waals surface area contributed by atoms with Gasteiger partial charge in [0.25, 0.3) is 0 Å². The highest BCUT2D eigenvalue weighted by Gasteiger charge is 2.27. The van der Waals surface area contributed by atoms with E-state index < -0.39 is 11.6 Å². The van der Waals surface area contributed by atoms with E-state index in [-0.39, 0.29) is 11.9 Å². The molecule has 0 spiro atoms. The quantitative estimate of drug-likeness (QED) is 0.891. The molecule has 0 heterocycles. The second kappa shape index (κ2) is 7.02. The highest BCUT2D eigenvalue weighted by molar-refractivity contribution is 5.31. The van der Waals surface area contributed by atoms with Gasteiger partial charge < -0.3 is 10.5 Å². The summed E-state index contributed by atoms with van der Waals surface area (Å²) in [5.74, 6) is -1.06. The highest BCUT2D eigenvalue weighted by atomic mass is 19.1. The summed E-state index contributed by atoms with van der Waals surface area (Å²) in [7, 11) is 0. The molecule has 2 unspecified atom stereocenters. The van der Waals surface area contributed by atoms with Gasteiger partial charge in [0.1, 0.15) is 6.10 Å². The molecular weight excluding hydrogens is 260 g/mol. The number of nitrogens with two attached hydrogens (primary N) is 1. The zero-order valence-corrected chi connectivity index (χ0v) is 12.0. The molecule has 1 aromatic rings. The number of hydrogen-bond acceptors (Lipinski definition) is 2. The zero-order chi connectivity index (χ0) is 14.5. The predicted molar refractivity (Wildman–Crippen MR) is 75.8 cm³/mol. The molecule has 2 nitrogen and oxygen atoms in total. The minimum atomic E-state index is -0.617. The lowest BCUT2D eigenvalue weighted by atomic mass is 9.85. The van der Waals surface area contributed by atoms with Crippen molar-refractivity contribution in [2.24, 2.45) is 11.7 Å². The van der Waals surface area contributed by atoms with E-state index in [4.69, 9.17) is 10.5 Å². The molecule has 1 fully saturated rings. The summed E-state index contributed by atoms with van der Waals surface area (Å²) in [6.45, 7) is 2.48. The van der Waals surface area contributed by atoms with E-state index in [1.165, 1.54) is 18.6 Å². The van der Waals surface area contributed by atoms with Gasteiger partial charge in [0.15, 0.2) is 17.4 Å². The Hall–Kier alpha value is -1.16. The molecule has 1 aliphatic rings. The minimum Gasteiger partial charge on any atom is -0.484 e. The third kappa shape index (κ3) is 3.48. The van der Waals surface area contributed by atoms with Gasteiger partial charge in [-0.1, -0.05) is 13.3 Å². The average molecular weight is 283 g/mol. The lowest BCUT2D eigenvalue weighted by molar-refractivity contribution is 0.0819. The molecule has 2 rings (SSSR count). The van der Waals surface area contributed by atoms with Gasteiger partial charge in [-0.2, -0.15) is 0 Å². The van der Waals surface area contributed by atoms with Crippen molar-refractivity contribution in [3.8, 4) is 5.75 Å². The van der Waals surface area contributed by atoms with Crippen molar-refractivity contribution in [2.45, 2.75) is 51.6 Å². The van der Waals surface area contributed by atoms with Gasteiger partial charge in [0.05, 0.1) is 0 Å². The Bertz CT molecular complexity index is 427. The van der Waals surface area contributed by atoms with Gasteiger partial charge in [-0.25, -0.2) is 8.78 Å². The summed E-state index contributed by atoms with van der Waals surface area (Å²) in [5.41, 5.74) is 5.98. The van der Waals surface area contributed by atoms with Gasteiger partial charge in [-0.15, -0.1) is 0 Å². The monoisotopic (exact) mass is 283 g/mol. The number of hydrogen-bond donors (Lipinski definition) is 1. The van der Waals surface area contributed by atoms with Crippen molar-refractivity contribution in [1.29, 1.82) is 0 Å². The summed E-state index contributed by atoms with van der Waals surface area (Å²) in [4.78, 5) is 0. The Balaban J connectivity index is 2.15. The first-order valence-electron chi connectivity index (χ1n) is 7.50. The Kier molecular flexibility index (Phi) is 5.35. The lowest BCUT2D eigenvalue weighted by Crippen LogP contribution is -2.30. The predicted octanol–water partition coefficient (Wildman–Crippen LogP) is 3.81. The molecule has 0 amide bonds. The molecule has 20 heavy (non-hydrogen) atoms. The van der Waals surface area contributed by atoms with Crippen molar-refractivity contribution in [2.75, 3.05) is 6.54 Å². The maximum Gasteiger partial charge on any atom is 0.191 e. The first kappa shape index (κ1) is 15.2. The van der Waals surface area contributed by atoms with Crippen LogP contribution in [0.3, 0.4) is 0 Å². The minimum absolute atomic E-state index is 0.0712. The molecule has 0 aliphatic heterocycles. The number of halogens is 2. The van der Waals surface area contributed by atoms with Crippen LogP contribution in [0.4, 0.5) is 8.78 Å². The van der Waals surface area contributed by atoms with Crippen molar-refractivity contribution in [3.63, 3.8) is 0 Å². The van der Waals surface area contributed by atoms with Gasteiger partial charge in [-0.05, 0) is 62.3 Å². The normalized spacial score (nSPS) is 22.8. The Labute approximate surface area is 119 Å². The first-order valence-corrected chi connectivity index (χ1v) is 7.50. The first-order chi connectivity index (χ1) is 9.65. The Morgan fingerprint density at radius 3 is 2.45 bits per heavy atom. The maximum atomic E-state index is 14.0. The van der Waals surface area contributed by atoms with Crippen LogP contribution < -0.4 is 10.5 Å². The second-order valence-corrected chi connectivity index (χ2v) is 5.54. The van der Waals surface area contributed by atoms with E-state index in [0.717, 1.165) is 25.7 Å². The molecule has 0 saturated heterocycles. The van der Waals surface area contributed by atoms with Crippen LogP contribution in [0.2, 0.25) is 0 Å². The van der Waals surface area contributed by atoms with Crippen LogP contribution in [0.25, 0.3) is 0 Å². The van der Waals surface area contributed by atoms with E-state index in [2.05, 4.69) is 6.92 Å². The number of benzene rings is 1. The van der Waals surface area contributed by atoms with E-state index >= 15 is 0 Å². The van der Waals surface area contributed by atoms with Gasteiger partial charge in [0.2, 0.25) is 0 Å². The highest BCUT2D eigenvalue weighted by Crippen LogP contribution is 2.33. The maximum absolute atomic E-state index is 14.0. The third-order valence-electron chi connectivity index (χ3n) is 4.12. The smallest absolute Gasteiger partial charge is 0.191 e. The van der Waals surface area contributed by atoms with E-state index in [9.17, 15) is 8.78 Å². The van der Waals surface area contributed by atoms with Crippen LogP contribution in [0, 0.1) is 17.6 Å². The summed E-state index contributed by atoms with van der Waals surface area (Å²) >= 11 is 0. The molecule has 1 aliphatic carbocycles. The second-order valence-electron chi connectivity index (χ2n) is 5.54. The lowest BCUT2D eigenvalue weighted by Gasteiger charge is -2.31. The fourth-order valence-corrected chi connectivity index (χ4v) is 2.98. The van der Waals surface area contributed by atoms with Gasteiger partial charge in [-0.3, -0.25) is 0 Å². The van der Waals surface area contributed by atoms with Gasteiger partial charge >= 0.3 is 0 Å². The molecule has 1 saturated carbocycles. The number of rotatable bonds is 5. The molecule has 0 radical (unpaired) electrons. The molecule has 2 N–H and O–H groups in total. The average Bonchev–Trinajstić information content (AvgIpc) is 2.43. The number of ether oxygens (including phenoxy) is 1. The summed E-state index contributed by atoms with van der Waals surface area (Å²) in [5, 5.41) is 0. The zero-order valence-electron chi connectivity index (χ0n) is 12.0. The van der Waals surface area contributed by atoms with Crippen LogP contribution in [0.5, 0.6) is 5.75 Å². The SMILES string of the molecule is CCC1CCCCC1Oc1c(F)cc(CCN)cc1F. The molecular formula is C16H23F2NO. The largest absolute Gasteiger partial charge is 0.484 e. The van der Waals surface area contributed by atoms with E-state index in [1.54, 1.807) is 0 Å². The summed E-state index contributed by atoms with van der Waals surface area (Å²) in [6, 6.07) is 2.66. The molecule has 1 aromatic carbocycles. The van der Waals surface area contributed by atoms with Crippen LogP contribution >= 0.6 is 0 Å². The van der Waals surface area contributed by atoms with Gasteiger partial charge in [0, 0.05) is 0 Å². The van der Waals surface area contributed by atoms with Crippen molar-refractivity contribution in [1.82, 2.24) is 0 Å². The molecule has 0 aromatic heterocycles. The van der Waals surface area contributed by atoms with Crippen LogP contribution in [-0.2, 0) is 6.42 Å². The van der Waals surface area contributed by atoms with Crippen molar-refractivity contribution in [3.05, 3.63) is 29.3 Å². The van der Waals surface area contributed by atoms with Crippen LogP contribution in [-0.4, -0.2) is 12.6 Å². The summed E-state index contributed by atoms with van der Waals surface area (Å²) in [6.07, 6.45) is 5.58. The van der Waals surface area contributed by atoms with Crippen LogP contribution in [0.1, 0.15) is 44.6 Å². The Morgan fingerprint density at radius 2 is 1.85 bits per heavy atom. The third-order valence-corrected chi connectivity index (χ3v) is 4.12. The van der Waals surface area contributed by atoms with E-state index in [0.29, 0.717) is 24.4 Å². The molecule has 0 bridgehead atoms. The van der Waals surface area contributed by atoms with Crippen molar-refractivity contribution >= 4 is 0 Å². The topological polar surface area (TPSA) is 35.2 Å². The van der Waals surface area contributed by atoms with E-state index in [1.807, 2.05) is 0 Å².